The van der Waals surface area contributed by atoms with Gasteiger partial charge in [0.15, 0.2) is 5.78 Å². The Balaban J connectivity index is 2.83. The molecular weight excluding hydrogens is 220 g/mol. The van der Waals surface area contributed by atoms with Gasteiger partial charge in [0.1, 0.15) is 4.88 Å². The molecule has 0 amide bonds. The molecule has 0 unspecified atom stereocenters. The smallest absolute Gasteiger partial charge is 0.177 e. The van der Waals surface area contributed by atoms with Gasteiger partial charge in [-0.2, -0.15) is 0 Å². The fourth-order valence-corrected chi connectivity index (χ4v) is 2.12. The molecule has 0 saturated heterocycles. The van der Waals surface area contributed by atoms with Crippen LogP contribution in [0.2, 0.25) is 0 Å². The van der Waals surface area contributed by atoms with Crippen molar-refractivity contribution >= 4 is 17.3 Å². The molecule has 0 aliphatic rings. The van der Waals surface area contributed by atoms with Crippen LogP contribution in [-0.4, -0.2) is 15.4 Å². The first-order valence-corrected chi connectivity index (χ1v) is 5.99. The molecule has 3 nitrogen and oxygen atoms in total. The van der Waals surface area contributed by atoms with E-state index in [-0.39, 0.29) is 11.2 Å². The van der Waals surface area contributed by atoms with E-state index >= 15 is 0 Å². The van der Waals surface area contributed by atoms with Gasteiger partial charge in [0, 0.05) is 18.3 Å². The highest BCUT2D eigenvalue weighted by Gasteiger charge is 2.25. The Morgan fingerprint density at radius 1 is 1.44 bits per heavy atom. The van der Waals surface area contributed by atoms with Crippen LogP contribution in [0.25, 0.3) is 0 Å². The van der Waals surface area contributed by atoms with Crippen LogP contribution in [-0.2, 0) is 5.41 Å². The van der Waals surface area contributed by atoms with E-state index in [0.29, 0.717) is 17.7 Å². The van der Waals surface area contributed by atoms with E-state index in [2.05, 4.69) is 21.4 Å². The molecule has 1 rings (SSSR count). The van der Waals surface area contributed by atoms with Crippen molar-refractivity contribution in [2.45, 2.75) is 46.0 Å². The number of aromatic nitrogens is 2. The van der Waals surface area contributed by atoms with Crippen molar-refractivity contribution in [2.75, 3.05) is 0 Å². The first kappa shape index (κ1) is 12.9. The first-order chi connectivity index (χ1) is 7.46. The highest BCUT2D eigenvalue weighted by Crippen LogP contribution is 2.26. The summed E-state index contributed by atoms with van der Waals surface area (Å²) < 4.78 is 3.87. The maximum atomic E-state index is 11.9. The highest BCUT2D eigenvalue weighted by atomic mass is 32.1. The zero-order valence-corrected chi connectivity index (χ0v) is 10.9. The van der Waals surface area contributed by atoms with E-state index in [4.69, 9.17) is 0 Å². The predicted molar refractivity (Wildman–Crippen MR) is 65.6 cm³/mol. The maximum absolute atomic E-state index is 11.9. The second-order valence-electron chi connectivity index (χ2n) is 4.55. The van der Waals surface area contributed by atoms with Gasteiger partial charge in [-0.3, -0.25) is 4.79 Å². The second-order valence-corrected chi connectivity index (χ2v) is 5.30. The summed E-state index contributed by atoms with van der Waals surface area (Å²) in [5.41, 5.74) is 0.668. The number of rotatable bonds is 3. The zero-order chi connectivity index (χ0) is 12.2. The summed E-state index contributed by atoms with van der Waals surface area (Å²) in [5.74, 6) is 5.78. The summed E-state index contributed by atoms with van der Waals surface area (Å²) in [6, 6.07) is 0. The molecule has 0 spiro atoms. The number of carbonyl (C=O) groups excluding carboxylic acids is 1. The Kier molecular flexibility index (Phi) is 4.19. The van der Waals surface area contributed by atoms with Crippen LogP contribution in [0, 0.1) is 11.8 Å². The molecule has 0 atom stereocenters. The largest absolute Gasteiger partial charge is 0.293 e. The average Bonchev–Trinajstić information content (AvgIpc) is 2.65. The average molecular weight is 236 g/mol. The first-order valence-electron chi connectivity index (χ1n) is 5.22. The quantitative estimate of drug-likeness (QED) is 0.598. The number of hydrogen-bond donors (Lipinski definition) is 0. The Bertz CT molecular complexity index is 432. The number of ketones is 1. The Morgan fingerprint density at radius 3 is 2.69 bits per heavy atom. The van der Waals surface area contributed by atoms with Crippen molar-refractivity contribution < 1.29 is 4.79 Å². The molecule has 0 aliphatic carbocycles. The fraction of sp³-hybridized carbons (Fsp3) is 0.583. The van der Waals surface area contributed by atoms with Gasteiger partial charge in [-0.25, -0.2) is 0 Å². The van der Waals surface area contributed by atoms with E-state index in [0.717, 1.165) is 5.69 Å². The van der Waals surface area contributed by atoms with Gasteiger partial charge in [-0.1, -0.05) is 25.3 Å². The molecule has 0 fully saturated rings. The molecule has 0 radical (unpaired) electrons. The summed E-state index contributed by atoms with van der Waals surface area (Å²) in [5, 5.41) is 4.05. The lowest BCUT2D eigenvalue weighted by molar-refractivity contribution is 0.0986. The summed E-state index contributed by atoms with van der Waals surface area (Å²) in [7, 11) is 0. The fourth-order valence-electron chi connectivity index (χ4n) is 1.28. The van der Waals surface area contributed by atoms with Crippen LogP contribution in [0.5, 0.6) is 0 Å². The van der Waals surface area contributed by atoms with Gasteiger partial charge in [-0.15, -0.1) is 16.9 Å². The van der Waals surface area contributed by atoms with Crippen molar-refractivity contribution in [3.63, 3.8) is 0 Å². The number of carbonyl (C=O) groups is 1. The summed E-state index contributed by atoms with van der Waals surface area (Å²) in [6.07, 6.45) is 1.06. The summed E-state index contributed by atoms with van der Waals surface area (Å²) in [4.78, 5) is 12.6. The number of Topliss-reactive ketones (excluding diaryl/α,β-unsaturated/α-hetero) is 1. The molecule has 16 heavy (non-hydrogen) atoms. The van der Waals surface area contributed by atoms with Crippen LogP contribution >= 0.6 is 11.5 Å². The second kappa shape index (κ2) is 5.22. The van der Waals surface area contributed by atoms with Crippen LogP contribution in [0.4, 0.5) is 0 Å². The maximum Gasteiger partial charge on any atom is 0.177 e. The van der Waals surface area contributed by atoms with Crippen molar-refractivity contribution in [3.05, 3.63) is 10.6 Å². The predicted octanol–water partition coefficient (Wildman–Crippen LogP) is 2.82. The van der Waals surface area contributed by atoms with Crippen molar-refractivity contribution in [1.29, 1.82) is 0 Å². The van der Waals surface area contributed by atoms with Crippen molar-refractivity contribution in [3.8, 4) is 11.8 Å². The minimum absolute atomic E-state index is 0.0997. The third-order valence-corrected chi connectivity index (χ3v) is 2.87. The van der Waals surface area contributed by atoms with E-state index in [9.17, 15) is 4.79 Å². The lowest BCUT2D eigenvalue weighted by Crippen LogP contribution is -2.16. The third-order valence-electron chi connectivity index (χ3n) is 2.11. The Morgan fingerprint density at radius 2 is 2.12 bits per heavy atom. The van der Waals surface area contributed by atoms with Gasteiger partial charge in [-0.05, 0) is 18.5 Å². The zero-order valence-electron chi connectivity index (χ0n) is 10.1. The van der Waals surface area contributed by atoms with E-state index < -0.39 is 0 Å². The molecule has 4 heteroatoms. The third kappa shape index (κ3) is 3.14. The minimum Gasteiger partial charge on any atom is -0.293 e. The molecule has 0 N–H and O–H groups in total. The molecule has 0 aliphatic heterocycles. The molecule has 0 saturated carbocycles. The molecular formula is C12H16N2OS. The van der Waals surface area contributed by atoms with Crippen molar-refractivity contribution in [1.82, 2.24) is 9.59 Å². The Labute approximate surface area is 100 Å². The molecule has 0 bridgehead atoms. The van der Waals surface area contributed by atoms with Crippen LogP contribution in [0.1, 0.15) is 55.9 Å². The molecule has 1 aromatic heterocycles. The van der Waals surface area contributed by atoms with Gasteiger partial charge in [0.2, 0.25) is 0 Å². The number of hydrogen-bond acceptors (Lipinski definition) is 4. The van der Waals surface area contributed by atoms with Crippen LogP contribution in [0.3, 0.4) is 0 Å². The standard InChI is InChI=1S/C12H16N2OS/c1-5-6-7-8-9(15)10-11(12(2,3)4)13-14-16-10/h7-8H2,1-4H3. The normalized spacial score (nSPS) is 10.8. The van der Waals surface area contributed by atoms with Crippen LogP contribution < -0.4 is 0 Å². The van der Waals surface area contributed by atoms with Gasteiger partial charge in [0.05, 0.1) is 5.69 Å². The molecule has 86 valence electrons. The summed E-state index contributed by atoms with van der Waals surface area (Å²) >= 11 is 1.18. The summed E-state index contributed by atoms with van der Waals surface area (Å²) in [6.45, 7) is 7.88. The SMILES string of the molecule is CC#CCCC(=O)c1snnc1C(C)(C)C. The van der Waals surface area contributed by atoms with Gasteiger partial charge in [0.25, 0.3) is 0 Å². The molecule has 1 aromatic rings. The molecule has 1 heterocycles. The molecule has 0 aromatic carbocycles. The highest BCUT2D eigenvalue weighted by molar-refractivity contribution is 7.08. The lowest BCUT2D eigenvalue weighted by Gasteiger charge is -2.15. The topological polar surface area (TPSA) is 42.9 Å². The monoisotopic (exact) mass is 236 g/mol. The minimum atomic E-state index is -0.131. The van der Waals surface area contributed by atoms with E-state index in [1.807, 2.05) is 20.8 Å². The Hall–Kier alpha value is -1.21. The van der Waals surface area contributed by atoms with Gasteiger partial charge < -0.3 is 0 Å². The lowest BCUT2D eigenvalue weighted by atomic mass is 9.90. The van der Waals surface area contributed by atoms with E-state index in [1.54, 1.807) is 6.92 Å². The van der Waals surface area contributed by atoms with Crippen LogP contribution in [0.15, 0.2) is 0 Å². The van der Waals surface area contributed by atoms with E-state index in [1.165, 1.54) is 11.5 Å². The van der Waals surface area contributed by atoms with Crippen molar-refractivity contribution in [2.24, 2.45) is 0 Å². The van der Waals surface area contributed by atoms with Gasteiger partial charge >= 0.3 is 0 Å². The number of nitrogens with zero attached hydrogens (tertiary/aromatic N) is 2.